The maximum atomic E-state index is 12.0. The van der Waals surface area contributed by atoms with Crippen LogP contribution in [0.2, 0.25) is 0 Å². The summed E-state index contributed by atoms with van der Waals surface area (Å²) in [4.78, 5) is 12.0. The molecule has 1 aliphatic heterocycles. The van der Waals surface area contributed by atoms with Crippen molar-refractivity contribution in [2.75, 3.05) is 6.61 Å². The Kier molecular flexibility index (Phi) is 2.81. The molecule has 2 heteroatoms. The first-order valence-corrected chi connectivity index (χ1v) is 5.05. The van der Waals surface area contributed by atoms with Crippen LogP contribution in [0.3, 0.4) is 0 Å². The minimum absolute atomic E-state index is 0.236. The number of hydrogen-bond acceptors (Lipinski definition) is 2. The third-order valence-corrected chi connectivity index (χ3v) is 2.63. The number of ketones is 1. The SMILES string of the molecule is CC(C)(C)C(=O)C1(C)CCCCO1. The van der Waals surface area contributed by atoms with Crippen molar-refractivity contribution >= 4 is 5.78 Å². The molecule has 0 spiro atoms. The van der Waals surface area contributed by atoms with Crippen LogP contribution >= 0.6 is 0 Å². The Hall–Kier alpha value is -0.370. The van der Waals surface area contributed by atoms with Crippen molar-refractivity contribution in [3.05, 3.63) is 0 Å². The minimum Gasteiger partial charge on any atom is -0.367 e. The number of carbonyl (C=O) groups excluding carboxylic acids is 1. The van der Waals surface area contributed by atoms with Crippen LogP contribution in [0.4, 0.5) is 0 Å². The Morgan fingerprint density at radius 2 is 1.92 bits per heavy atom. The molecule has 76 valence electrons. The highest BCUT2D eigenvalue weighted by molar-refractivity contribution is 5.91. The van der Waals surface area contributed by atoms with E-state index in [4.69, 9.17) is 4.74 Å². The van der Waals surface area contributed by atoms with Gasteiger partial charge in [-0.2, -0.15) is 0 Å². The van der Waals surface area contributed by atoms with Crippen molar-refractivity contribution in [3.8, 4) is 0 Å². The van der Waals surface area contributed by atoms with Crippen LogP contribution in [0.5, 0.6) is 0 Å². The van der Waals surface area contributed by atoms with Crippen molar-refractivity contribution in [2.45, 2.75) is 52.6 Å². The van der Waals surface area contributed by atoms with Gasteiger partial charge in [0.25, 0.3) is 0 Å². The summed E-state index contributed by atoms with van der Waals surface area (Å²) in [6.45, 7) is 8.54. The highest BCUT2D eigenvalue weighted by Gasteiger charge is 2.41. The summed E-state index contributed by atoms with van der Waals surface area (Å²) in [6.07, 6.45) is 3.08. The summed E-state index contributed by atoms with van der Waals surface area (Å²) in [7, 11) is 0. The van der Waals surface area contributed by atoms with Crippen molar-refractivity contribution in [1.29, 1.82) is 0 Å². The van der Waals surface area contributed by atoms with Gasteiger partial charge in [0, 0.05) is 12.0 Å². The second kappa shape index (κ2) is 3.41. The molecule has 1 rings (SSSR count). The molecule has 1 unspecified atom stereocenters. The van der Waals surface area contributed by atoms with Gasteiger partial charge in [-0.25, -0.2) is 0 Å². The molecule has 1 atom stereocenters. The van der Waals surface area contributed by atoms with Crippen LogP contribution in [-0.2, 0) is 9.53 Å². The zero-order valence-electron chi connectivity index (χ0n) is 9.14. The van der Waals surface area contributed by atoms with Gasteiger partial charge < -0.3 is 4.74 Å². The molecule has 1 aliphatic rings. The van der Waals surface area contributed by atoms with Crippen LogP contribution in [0.15, 0.2) is 0 Å². The summed E-state index contributed by atoms with van der Waals surface area (Å²) in [5.41, 5.74) is -0.803. The highest BCUT2D eigenvalue weighted by atomic mass is 16.5. The number of rotatable bonds is 1. The standard InChI is InChI=1S/C11H20O2/c1-10(2,3)9(12)11(4)7-5-6-8-13-11/h5-8H2,1-4H3. The van der Waals surface area contributed by atoms with Crippen LogP contribution in [0, 0.1) is 5.41 Å². The lowest BCUT2D eigenvalue weighted by molar-refractivity contribution is -0.156. The molecule has 0 amide bonds. The highest BCUT2D eigenvalue weighted by Crippen LogP contribution is 2.32. The molecule has 0 N–H and O–H groups in total. The molecule has 1 saturated heterocycles. The monoisotopic (exact) mass is 184 g/mol. The predicted octanol–water partition coefficient (Wildman–Crippen LogP) is 2.56. The van der Waals surface area contributed by atoms with Gasteiger partial charge in [-0.1, -0.05) is 20.8 Å². The predicted molar refractivity (Wildman–Crippen MR) is 52.7 cm³/mol. The average Bonchev–Trinajstić information content (AvgIpc) is 2.03. The van der Waals surface area contributed by atoms with Crippen molar-refractivity contribution < 1.29 is 9.53 Å². The quantitative estimate of drug-likeness (QED) is 0.626. The lowest BCUT2D eigenvalue weighted by atomic mass is 9.78. The van der Waals surface area contributed by atoms with Gasteiger partial charge in [-0.3, -0.25) is 4.79 Å². The Labute approximate surface area is 80.7 Å². The molecule has 0 aromatic carbocycles. The van der Waals surface area contributed by atoms with E-state index in [1.807, 2.05) is 27.7 Å². The number of carbonyl (C=O) groups is 1. The molecule has 0 radical (unpaired) electrons. The molecule has 2 nitrogen and oxygen atoms in total. The summed E-state index contributed by atoms with van der Waals surface area (Å²) in [6, 6.07) is 0. The molecule has 0 saturated carbocycles. The van der Waals surface area contributed by atoms with Gasteiger partial charge in [0.2, 0.25) is 0 Å². The molecular formula is C11H20O2. The largest absolute Gasteiger partial charge is 0.367 e. The Morgan fingerprint density at radius 3 is 2.31 bits per heavy atom. The molecule has 0 aromatic rings. The maximum absolute atomic E-state index is 12.0. The zero-order valence-corrected chi connectivity index (χ0v) is 9.14. The first-order valence-electron chi connectivity index (χ1n) is 5.05. The van der Waals surface area contributed by atoms with E-state index < -0.39 is 5.60 Å². The third kappa shape index (κ3) is 2.31. The fourth-order valence-corrected chi connectivity index (χ4v) is 1.91. The van der Waals surface area contributed by atoms with Crippen molar-refractivity contribution in [1.82, 2.24) is 0 Å². The number of Topliss-reactive ketones (excluding diaryl/α,β-unsaturated/α-hetero) is 1. The molecule has 1 fully saturated rings. The summed E-state index contributed by atoms with van der Waals surface area (Å²) in [5, 5.41) is 0. The van der Waals surface area contributed by atoms with E-state index in [0.717, 1.165) is 25.9 Å². The first kappa shape index (κ1) is 10.7. The molecule has 13 heavy (non-hydrogen) atoms. The van der Waals surface area contributed by atoms with Gasteiger partial charge in [0.05, 0.1) is 0 Å². The van der Waals surface area contributed by atoms with Gasteiger partial charge in [-0.05, 0) is 26.2 Å². The smallest absolute Gasteiger partial charge is 0.169 e. The summed E-state index contributed by atoms with van der Waals surface area (Å²) >= 11 is 0. The van der Waals surface area contributed by atoms with Crippen LogP contribution in [0.1, 0.15) is 47.0 Å². The molecule has 0 aliphatic carbocycles. The van der Waals surface area contributed by atoms with E-state index in [0.29, 0.717) is 0 Å². The fourth-order valence-electron chi connectivity index (χ4n) is 1.91. The van der Waals surface area contributed by atoms with Crippen molar-refractivity contribution in [3.63, 3.8) is 0 Å². The van der Waals surface area contributed by atoms with Crippen LogP contribution in [0.25, 0.3) is 0 Å². The molecular weight excluding hydrogens is 164 g/mol. The lowest BCUT2D eigenvalue weighted by Crippen LogP contribution is -2.47. The number of hydrogen-bond donors (Lipinski definition) is 0. The minimum atomic E-state index is -0.517. The topological polar surface area (TPSA) is 26.3 Å². The van der Waals surface area contributed by atoms with E-state index in [9.17, 15) is 4.79 Å². The fraction of sp³-hybridized carbons (Fsp3) is 0.909. The summed E-state index contributed by atoms with van der Waals surface area (Å²) < 4.78 is 5.60. The Bertz CT molecular complexity index is 195. The van der Waals surface area contributed by atoms with E-state index in [1.54, 1.807) is 0 Å². The van der Waals surface area contributed by atoms with E-state index >= 15 is 0 Å². The second-order valence-electron chi connectivity index (χ2n) is 5.12. The maximum Gasteiger partial charge on any atom is 0.169 e. The molecule has 1 heterocycles. The molecule has 0 aromatic heterocycles. The van der Waals surface area contributed by atoms with Gasteiger partial charge in [-0.15, -0.1) is 0 Å². The third-order valence-electron chi connectivity index (χ3n) is 2.63. The second-order valence-corrected chi connectivity index (χ2v) is 5.12. The first-order chi connectivity index (χ1) is 5.86. The van der Waals surface area contributed by atoms with Crippen LogP contribution < -0.4 is 0 Å². The molecule has 0 bridgehead atoms. The number of ether oxygens (including phenoxy) is 1. The van der Waals surface area contributed by atoms with Crippen molar-refractivity contribution in [2.24, 2.45) is 5.41 Å². The van der Waals surface area contributed by atoms with Gasteiger partial charge in [0.15, 0.2) is 5.78 Å². The van der Waals surface area contributed by atoms with E-state index in [1.165, 1.54) is 0 Å². The lowest BCUT2D eigenvalue weighted by Gasteiger charge is -2.36. The Balaban J connectivity index is 2.73. The van der Waals surface area contributed by atoms with Crippen LogP contribution in [-0.4, -0.2) is 18.0 Å². The van der Waals surface area contributed by atoms with Gasteiger partial charge in [0.1, 0.15) is 5.60 Å². The normalized spacial score (nSPS) is 30.2. The average molecular weight is 184 g/mol. The van der Waals surface area contributed by atoms with Gasteiger partial charge >= 0.3 is 0 Å². The summed E-state index contributed by atoms with van der Waals surface area (Å²) in [5.74, 6) is 0.236. The Morgan fingerprint density at radius 1 is 1.31 bits per heavy atom. The van der Waals surface area contributed by atoms with E-state index in [-0.39, 0.29) is 11.2 Å². The van der Waals surface area contributed by atoms with E-state index in [2.05, 4.69) is 0 Å². The zero-order chi connectivity index (χ0) is 10.1.